The number of hydrogen-bond acceptors (Lipinski definition) is 2. The van der Waals surface area contributed by atoms with Crippen LogP contribution in [-0.2, 0) is 0 Å². The summed E-state index contributed by atoms with van der Waals surface area (Å²) in [7, 11) is -1.96. The van der Waals surface area contributed by atoms with Gasteiger partial charge >= 0.3 is 0 Å². The minimum Gasteiger partial charge on any atom is -0.392 e. The smallest absolute Gasteiger partial charge is 0.117 e. The molecule has 0 unspecified atom stereocenters. The lowest BCUT2D eigenvalue weighted by Crippen LogP contribution is -2.59. The van der Waals surface area contributed by atoms with Crippen LogP contribution in [0, 0.1) is 5.92 Å². The molecule has 2 fully saturated rings. The van der Waals surface area contributed by atoms with Crippen molar-refractivity contribution in [2.24, 2.45) is 5.92 Å². The van der Waals surface area contributed by atoms with Crippen molar-refractivity contribution < 1.29 is 5.11 Å². The van der Waals surface area contributed by atoms with Gasteiger partial charge in [0.15, 0.2) is 0 Å². The highest BCUT2D eigenvalue weighted by molar-refractivity contribution is 7.01. The highest BCUT2D eigenvalue weighted by Gasteiger charge is 2.42. The van der Waals surface area contributed by atoms with Crippen LogP contribution in [0.3, 0.4) is 0 Å². The van der Waals surface area contributed by atoms with Crippen LogP contribution in [0.2, 0.25) is 12.6 Å². The second kappa shape index (κ2) is 7.06. The molecule has 0 amide bonds. The summed E-state index contributed by atoms with van der Waals surface area (Å²) < 4.78 is 0. The third kappa shape index (κ3) is 3.33. The first kappa shape index (κ1) is 17.0. The van der Waals surface area contributed by atoms with E-state index in [1.807, 2.05) is 0 Å². The highest BCUT2D eigenvalue weighted by Crippen LogP contribution is 2.36. The number of nitrogens with one attached hydrogen (secondary N) is 1. The summed E-state index contributed by atoms with van der Waals surface area (Å²) in [5.74, 6) is 0.793. The molecule has 2 N–H and O–H groups in total. The maximum atomic E-state index is 11.1. The number of fused-ring (bicyclic) bond motifs is 1. The van der Waals surface area contributed by atoms with Crippen LogP contribution in [-0.4, -0.2) is 31.4 Å². The molecule has 1 heterocycles. The Kier molecular flexibility index (Phi) is 4.81. The molecule has 2 nitrogen and oxygen atoms in total. The van der Waals surface area contributed by atoms with Crippen molar-refractivity contribution >= 4 is 18.4 Å². The lowest BCUT2D eigenvalue weighted by molar-refractivity contribution is 0.149. The monoisotopic (exact) mass is 351 g/mol. The quantitative estimate of drug-likeness (QED) is 0.812. The van der Waals surface area contributed by atoms with Crippen LogP contribution in [0.15, 0.2) is 60.7 Å². The molecule has 2 aliphatic rings. The number of rotatable bonds is 5. The van der Waals surface area contributed by atoms with E-state index in [1.54, 1.807) is 0 Å². The molecule has 1 aliphatic heterocycles. The van der Waals surface area contributed by atoms with Crippen molar-refractivity contribution in [2.75, 3.05) is 0 Å². The van der Waals surface area contributed by atoms with Gasteiger partial charge < -0.3 is 10.4 Å². The summed E-state index contributed by atoms with van der Waals surface area (Å²) in [6.07, 6.45) is 4.88. The van der Waals surface area contributed by atoms with Gasteiger partial charge in [0.1, 0.15) is 8.07 Å². The van der Waals surface area contributed by atoms with E-state index in [4.69, 9.17) is 0 Å². The molecule has 25 heavy (non-hydrogen) atoms. The average Bonchev–Trinajstić information content (AvgIpc) is 3.25. The van der Waals surface area contributed by atoms with Gasteiger partial charge in [0.25, 0.3) is 0 Å². The van der Waals surface area contributed by atoms with E-state index >= 15 is 0 Å². The van der Waals surface area contributed by atoms with Gasteiger partial charge in [0.05, 0.1) is 6.10 Å². The van der Waals surface area contributed by atoms with Crippen LogP contribution >= 0.6 is 0 Å². The fourth-order valence-electron chi connectivity index (χ4n) is 5.05. The third-order valence-electron chi connectivity index (χ3n) is 6.55. The lowest BCUT2D eigenvalue weighted by Gasteiger charge is -2.33. The molecule has 1 saturated carbocycles. The molecular weight excluding hydrogens is 322 g/mol. The summed E-state index contributed by atoms with van der Waals surface area (Å²) in [5.41, 5.74) is 0. The molecule has 1 saturated heterocycles. The first-order valence-corrected chi connectivity index (χ1v) is 12.4. The molecule has 1 aliphatic carbocycles. The van der Waals surface area contributed by atoms with Crippen molar-refractivity contribution in [1.82, 2.24) is 5.32 Å². The summed E-state index contributed by atoms with van der Waals surface area (Å²) >= 11 is 0. The van der Waals surface area contributed by atoms with E-state index in [-0.39, 0.29) is 12.1 Å². The Morgan fingerprint density at radius 1 is 1.00 bits per heavy atom. The SMILES string of the molecule is C[Si](C[C@H](O)[C@H]1C[C@H]2CCC[C@H]2N1)(c1ccccc1)c1ccccc1. The van der Waals surface area contributed by atoms with Gasteiger partial charge in [-0.2, -0.15) is 0 Å². The van der Waals surface area contributed by atoms with E-state index in [9.17, 15) is 5.11 Å². The third-order valence-corrected chi connectivity index (χ3v) is 11.0. The Morgan fingerprint density at radius 3 is 2.16 bits per heavy atom. The summed E-state index contributed by atoms with van der Waals surface area (Å²) in [4.78, 5) is 0. The molecule has 0 radical (unpaired) electrons. The molecule has 0 spiro atoms. The molecule has 2 aromatic carbocycles. The van der Waals surface area contributed by atoms with Gasteiger partial charge in [0.2, 0.25) is 0 Å². The van der Waals surface area contributed by atoms with Crippen LogP contribution in [0.5, 0.6) is 0 Å². The number of hydrogen-bond donors (Lipinski definition) is 2. The van der Waals surface area contributed by atoms with Crippen molar-refractivity contribution in [3.05, 3.63) is 60.7 Å². The number of benzene rings is 2. The zero-order valence-electron chi connectivity index (χ0n) is 15.1. The first-order chi connectivity index (χ1) is 12.2. The number of aliphatic hydroxyl groups is 1. The first-order valence-electron chi connectivity index (χ1n) is 9.72. The molecule has 0 aromatic heterocycles. The van der Waals surface area contributed by atoms with Crippen molar-refractivity contribution in [1.29, 1.82) is 0 Å². The Hall–Kier alpha value is -1.42. The van der Waals surface area contributed by atoms with E-state index in [1.165, 1.54) is 29.6 Å². The summed E-state index contributed by atoms with van der Waals surface area (Å²) in [6, 6.07) is 23.5. The van der Waals surface area contributed by atoms with Gasteiger partial charge in [0, 0.05) is 12.1 Å². The van der Waals surface area contributed by atoms with Crippen LogP contribution < -0.4 is 15.7 Å². The van der Waals surface area contributed by atoms with Gasteiger partial charge in [-0.05, 0) is 31.2 Å². The zero-order chi connectivity index (χ0) is 17.3. The van der Waals surface area contributed by atoms with E-state index in [0.717, 1.165) is 18.4 Å². The predicted octanol–water partition coefficient (Wildman–Crippen LogP) is 2.77. The van der Waals surface area contributed by atoms with E-state index in [0.29, 0.717) is 6.04 Å². The van der Waals surface area contributed by atoms with E-state index in [2.05, 4.69) is 72.5 Å². The van der Waals surface area contributed by atoms with Crippen LogP contribution in [0.4, 0.5) is 0 Å². The van der Waals surface area contributed by atoms with Crippen LogP contribution in [0.25, 0.3) is 0 Å². The van der Waals surface area contributed by atoms with E-state index < -0.39 is 8.07 Å². The largest absolute Gasteiger partial charge is 0.392 e. The highest BCUT2D eigenvalue weighted by atomic mass is 28.3. The van der Waals surface area contributed by atoms with Crippen molar-refractivity contribution in [3.63, 3.8) is 0 Å². The average molecular weight is 352 g/mol. The van der Waals surface area contributed by atoms with Gasteiger partial charge in [-0.25, -0.2) is 0 Å². The Balaban J connectivity index is 1.59. The standard InChI is InChI=1S/C22H29NOSi/c1-25(18-10-4-2-5-11-18,19-12-6-3-7-13-19)16-22(24)21-15-17-9-8-14-20(17)23-21/h2-7,10-13,17,20-24H,8-9,14-16H2,1H3/t17-,20-,21-,22+/m1/s1. The minimum absolute atomic E-state index is 0.261. The Labute approximate surface area is 152 Å². The summed E-state index contributed by atoms with van der Waals surface area (Å²) in [5, 5.41) is 17.7. The maximum absolute atomic E-state index is 11.1. The second-order valence-electron chi connectivity index (χ2n) is 8.14. The normalized spacial score (nSPS) is 27.2. The van der Waals surface area contributed by atoms with Gasteiger partial charge in [-0.1, -0.05) is 84.0 Å². The Morgan fingerprint density at radius 2 is 1.60 bits per heavy atom. The number of aliphatic hydroxyl groups excluding tert-OH is 1. The van der Waals surface area contributed by atoms with Crippen molar-refractivity contribution in [3.8, 4) is 0 Å². The molecule has 4 atom stereocenters. The fraction of sp³-hybridized carbons (Fsp3) is 0.455. The predicted molar refractivity (Wildman–Crippen MR) is 107 cm³/mol. The van der Waals surface area contributed by atoms with Gasteiger partial charge in [-0.3, -0.25) is 0 Å². The minimum atomic E-state index is -1.96. The molecular formula is C22H29NOSi. The molecule has 2 aromatic rings. The van der Waals surface area contributed by atoms with Crippen molar-refractivity contribution in [2.45, 2.75) is 56.5 Å². The Bertz CT molecular complexity index is 638. The van der Waals surface area contributed by atoms with Crippen LogP contribution in [0.1, 0.15) is 25.7 Å². The molecule has 0 bridgehead atoms. The zero-order valence-corrected chi connectivity index (χ0v) is 16.1. The molecule has 4 rings (SSSR count). The summed E-state index contributed by atoms with van der Waals surface area (Å²) in [6.45, 7) is 2.41. The lowest BCUT2D eigenvalue weighted by atomic mass is 10.00. The van der Waals surface area contributed by atoms with Gasteiger partial charge in [-0.15, -0.1) is 0 Å². The fourth-order valence-corrected chi connectivity index (χ4v) is 8.83. The maximum Gasteiger partial charge on any atom is 0.117 e. The molecule has 3 heteroatoms. The topological polar surface area (TPSA) is 32.3 Å². The molecule has 132 valence electrons. The second-order valence-corrected chi connectivity index (χ2v) is 12.4.